The Balaban J connectivity index is 1.49. The van der Waals surface area contributed by atoms with Gasteiger partial charge in [-0.3, -0.25) is 14.4 Å². The summed E-state index contributed by atoms with van der Waals surface area (Å²) in [6.07, 6.45) is -2.71. The molecule has 0 bridgehead atoms. The molecule has 0 aliphatic heterocycles. The SMILES string of the molecule is CCC(Sc1cccc(NC(=O)/C(=C/c2ccccc2)NC(=O)c2ccccc2)c1)C(=O)Nc1ccccc1C(F)(F)F. The van der Waals surface area contributed by atoms with Crippen LogP contribution in [0.15, 0.2) is 120 Å². The van der Waals surface area contributed by atoms with Gasteiger partial charge in [0.15, 0.2) is 0 Å². The van der Waals surface area contributed by atoms with Gasteiger partial charge in [0.25, 0.3) is 11.8 Å². The van der Waals surface area contributed by atoms with Crippen molar-refractivity contribution in [2.75, 3.05) is 10.6 Å². The molecule has 0 fully saturated rings. The molecule has 0 aliphatic carbocycles. The molecule has 0 radical (unpaired) electrons. The zero-order valence-corrected chi connectivity index (χ0v) is 23.8. The first-order chi connectivity index (χ1) is 20.6. The van der Waals surface area contributed by atoms with Gasteiger partial charge in [-0.2, -0.15) is 13.2 Å². The van der Waals surface area contributed by atoms with Gasteiger partial charge in [0.2, 0.25) is 5.91 Å². The van der Waals surface area contributed by atoms with Crippen molar-refractivity contribution in [3.05, 3.63) is 132 Å². The summed E-state index contributed by atoms with van der Waals surface area (Å²) in [6, 6.07) is 29.1. The number of rotatable bonds is 10. The highest BCUT2D eigenvalue weighted by Crippen LogP contribution is 2.35. The number of halogens is 3. The monoisotopic (exact) mass is 603 g/mol. The third-order valence-electron chi connectivity index (χ3n) is 6.16. The quantitative estimate of drug-likeness (QED) is 0.129. The molecule has 0 spiro atoms. The summed E-state index contributed by atoms with van der Waals surface area (Å²) >= 11 is 1.16. The second kappa shape index (κ2) is 14.4. The molecular weight excluding hydrogens is 575 g/mol. The Bertz CT molecular complexity index is 1610. The van der Waals surface area contributed by atoms with Gasteiger partial charge >= 0.3 is 6.18 Å². The Morgan fingerprint density at radius 3 is 2.14 bits per heavy atom. The Kier molecular flexibility index (Phi) is 10.4. The van der Waals surface area contributed by atoms with Crippen LogP contribution in [0.5, 0.6) is 0 Å². The summed E-state index contributed by atoms with van der Waals surface area (Å²) in [5.41, 5.74) is 0.276. The first kappa shape index (κ1) is 31.1. The number of hydrogen-bond acceptors (Lipinski definition) is 4. The Labute approximate surface area is 251 Å². The van der Waals surface area contributed by atoms with Crippen molar-refractivity contribution in [2.45, 2.75) is 29.7 Å². The predicted octanol–water partition coefficient (Wildman–Crippen LogP) is 7.62. The number of para-hydroxylation sites is 1. The largest absolute Gasteiger partial charge is 0.418 e. The number of anilines is 2. The van der Waals surface area contributed by atoms with Crippen molar-refractivity contribution in [2.24, 2.45) is 0 Å². The van der Waals surface area contributed by atoms with Crippen LogP contribution in [0, 0.1) is 0 Å². The van der Waals surface area contributed by atoms with Crippen LogP contribution in [0.4, 0.5) is 24.5 Å². The van der Waals surface area contributed by atoms with Gasteiger partial charge in [0.1, 0.15) is 5.70 Å². The van der Waals surface area contributed by atoms with Crippen LogP contribution in [0.3, 0.4) is 0 Å². The van der Waals surface area contributed by atoms with Gasteiger partial charge in [-0.25, -0.2) is 0 Å². The van der Waals surface area contributed by atoms with Crippen LogP contribution in [0.2, 0.25) is 0 Å². The molecule has 6 nitrogen and oxygen atoms in total. The van der Waals surface area contributed by atoms with Gasteiger partial charge in [-0.15, -0.1) is 11.8 Å². The summed E-state index contributed by atoms with van der Waals surface area (Å²) in [7, 11) is 0. The average molecular weight is 604 g/mol. The van der Waals surface area contributed by atoms with Crippen molar-refractivity contribution in [1.82, 2.24) is 5.32 Å². The third-order valence-corrected chi connectivity index (χ3v) is 7.52. The second-order valence-electron chi connectivity index (χ2n) is 9.32. The summed E-state index contributed by atoms with van der Waals surface area (Å²) in [5, 5.41) is 7.17. The molecule has 43 heavy (non-hydrogen) atoms. The minimum Gasteiger partial charge on any atom is -0.325 e. The summed E-state index contributed by atoms with van der Waals surface area (Å²) < 4.78 is 40.2. The molecule has 0 aliphatic rings. The number of alkyl halides is 3. The lowest BCUT2D eigenvalue weighted by Gasteiger charge is -2.18. The number of amides is 3. The Morgan fingerprint density at radius 2 is 1.47 bits per heavy atom. The van der Waals surface area contributed by atoms with E-state index in [-0.39, 0.29) is 11.4 Å². The number of nitrogens with one attached hydrogen (secondary N) is 3. The van der Waals surface area contributed by atoms with Crippen LogP contribution < -0.4 is 16.0 Å². The zero-order chi connectivity index (χ0) is 30.8. The molecule has 4 aromatic carbocycles. The van der Waals surface area contributed by atoms with E-state index in [1.165, 1.54) is 18.2 Å². The van der Waals surface area contributed by atoms with Crippen molar-refractivity contribution in [3.8, 4) is 0 Å². The van der Waals surface area contributed by atoms with Crippen molar-refractivity contribution in [3.63, 3.8) is 0 Å². The number of carbonyl (C=O) groups excluding carboxylic acids is 3. The normalized spacial score (nSPS) is 12.2. The number of benzene rings is 4. The molecular formula is C33H28F3N3O3S. The van der Waals surface area contributed by atoms with E-state index >= 15 is 0 Å². The second-order valence-corrected chi connectivity index (χ2v) is 10.6. The van der Waals surface area contributed by atoms with E-state index < -0.39 is 34.7 Å². The van der Waals surface area contributed by atoms with E-state index in [1.54, 1.807) is 79.7 Å². The lowest BCUT2D eigenvalue weighted by atomic mass is 10.1. The molecule has 4 rings (SSSR count). The van der Waals surface area contributed by atoms with Gasteiger partial charge in [0.05, 0.1) is 16.5 Å². The van der Waals surface area contributed by atoms with Crippen molar-refractivity contribution in [1.29, 1.82) is 0 Å². The standard InChI is InChI=1S/C33H28F3N3O3S/c1-2-29(32(42)38-27-19-10-9-18-26(27)33(34,35)36)43-25-17-11-16-24(21-25)37-31(41)28(20-22-12-5-3-6-13-22)39-30(40)23-14-7-4-8-15-23/h3-21,29H,2H2,1H3,(H,37,41)(H,38,42)(H,39,40)/b28-20-. The highest BCUT2D eigenvalue weighted by Gasteiger charge is 2.34. The molecule has 3 N–H and O–H groups in total. The molecule has 1 unspecified atom stereocenters. The summed E-state index contributed by atoms with van der Waals surface area (Å²) in [4.78, 5) is 39.8. The van der Waals surface area contributed by atoms with Gasteiger partial charge in [0, 0.05) is 16.1 Å². The van der Waals surface area contributed by atoms with Crippen molar-refractivity contribution < 1.29 is 27.6 Å². The molecule has 3 amide bonds. The molecule has 220 valence electrons. The van der Waals surface area contributed by atoms with Crippen LogP contribution in [-0.2, 0) is 15.8 Å². The maximum absolute atomic E-state index is 13.4. The fourth-order valence-electron chi connectivity index (χ4n) is 4.04. The minimum absolute atomic E-state index is 0.0206. The fourth-order valence-corrected chi connectivity index (χ4v) is 5.06. The van der Waals surface area contributed by atoms with E-state index in [9.17, 15) is 27.6 Å². The molecule has 0 aromatic heterocycles. The Hall–Kier alpha value is -4.83. The topological polar surface area (TPSA) is 87.3 Å². The summed E-state index contributed by atoms with van der Waals surface area (Å²) in [6.45, 7) is 1.76. The highest BCUT2D eigenvalue weighted by atomic mass is 32.2. The average Bonchev–Trinajstić information content (AvgIpc) is 3.00. The van der Waals surface area contributed by atoms with E-state index in [2.05, 4.69) is 16.0 Å². The van der Waals surface area contributed by atoms with Crippen LogP contribution >= 0.6 is 11.8 Å². The lowest BCUT2D eigenvalue weighted by Crippen LogP contribution is -2.30. The van der Waals surface area contributed by atoms with Gasteiger partial charge in [-0.1, -0.05) is 73.7 Å². The van der Waals surface area contributed by atoms with Crippen molar-refractivity contribution >= 4 is 46.9 Å². The third kappa shape index (κ3) is 8.83. The molecule has 1 atom stereocenters. The van der Waals surface area contributed by atoms with E-state index in [4.69, 9.17) is 0 Å². The van der Waals surface area contributed by atoms with Crippen LogP contribution in [-0.4, -0.2) is 23.0 Å². The molecule has 0 saturated heterocycles. The minimum atomic E-state index is -4.61. The molecule has 0 heterocycles. The van der Waals surface area contributed by atoms with E-state index in [0.29, 0.717) is 28.1 Å². The first-order valence-electron chi connectivity index (χ1n) is 13.3. The lowest BCUT2D eigenvalue weighted by molar-refractivity contribution is -0.137. The van der Waals surface area contributed by atoms with E-state index in [0.717, 1.165) is 17.8 Å². The Morgan fingerprint density at radius 1 is 0.814 bits per heavy atom. The van der Waals surface area contributed by atoms with Crippen LogP contribution in [0.1, 0.15) is 34.8 Å². The first-order valence-corrected chi connectivity index (χ1v) is 14.2. The molecule has 0 saturated carbocycles. The maximum Gasteiger partial charge on any atom is 0.418 e. The van der Waals surface area contributed by atoms with Gasteiger partial charge in [-0.05, 0) is 60.5 Å². The summed E-state index contributed by atoms with van der Waals surface area (Å²) in [5.74, 6) is -1.59. The predicted molar refractivity (Wildman–Crippen MR) is 163 cm³/mol. The molecule has 4 aromatic rings. The van der Waals surface area contributed by atoms with E-state index in [1.807, 2.05) is 18.2 Å². The van der Waals surface area contributed by atoms with Gasteiger partial charge < -0.3 is 16.0 Å². The molecule has 10 heteroatoms. The number of thioether (sulfide) groups is 1. The highest BCUT2D eigenvalue weighted by molar-refractivity contribution is 8.00. The van der Waals surface area contributed by atoms with Crippen LogP contribution in [0.25, 0.3) is 6.08 Å². The number of carbonyl (C=O) groups is 3. The fraction of sp³-hybridized carbons (Fsp3) is 0.121. The number of hydrogen-bond donors (Lipinski definition) is 3. The zero-order valence-electron chi connectivity index (χ0n) is 23.0. The maximum atomic E-state index is 13.4. The smallest absolute Gasteiger partial charge is 0.325 e.